The van der Waals surface area contributed by atoms with Gasteiger partial charge < -0.3 is 14.6 Å². The van der Waals surface area contributed by atoms with Crippen molar-refractivity contribution >= 4 is 23.2 Å². The molecule has 5 nitrogen and oxygen atoms in total. The number of benzene rings is 1. The average Bonchev–Trinajstić information content (AvgIpc) is 3.08. The van der Waals surface area contributed by atoms with Crippen LogP contribution in [0.1, 0.15) is 36.4 Å². The van der Waals surface area contributed by atoms with Crippen LogP contribution in [-0.2, 0) is 11.2 Å². The van der Waals surface area contributed by atoms with Gasteiger partial charge in [0.25, 0.3) is 5.91 Å². The highest BCUT2D eigenvalue weighted by atomic mass is 16.3. The summed E-state index contributed by atoms with van der Waals surface area (Å²) in [5.41, 5.74) is 2.75. The van der Waals surface area contributed by atoms with Crippen molar-refractivity contribution in [1.82, 2.24) is 0 Å². The Kier molecular flexibility index (Phi) is 4.19. The molecule has 0 aliphatic carbocycles. The summed E-state index contributed by atoms with van der Waals surface area (Å²) in [6.45, 7) is 4.57. The lowest BCUT2D eigenvalue weighted by Crippen LogP contribution is -2.38. The molecule has 1 aromatic heterocycles. The molecule has 2 amide bonds. The van der Waals surface area contributed by atoms with E-state index in [0.717, 1.165) is 30.6 Å². The molecule has 2 aromatic rings. The van der Waals surface area contributed by atoms with Gasteiger partial charge in [0.2, 0.25) is 5.91 Å². The zero-order valence-electron chi connectivity index (χ0n) is 13.3. The maximum atomic E-state index is 12.3. The van der Waals surface area contributed by atoms with Crippen molar-refractivity contribution < 1.29 is 14.0 Å². The van der Waals surface area contributed by atoms with Crippen LogP contribution in [0.3, 0.4) is 0 Å². The Hall–Kier alpha value is -2.56. The van der Waals surface area contributed by atoms with E-state index in [-0.39, 0.29) is 23.5 Å². The second-order valence-electron chi connectivity index (χ2n) is 6.02. The van der Waals surface area contributed by atoms with Crippen LogP contribution in [-0.4, -0.2) is 18.4 Å². The van der Waals surface area contributed by atoms with Gasteiger partial charge in [-0.15, -0.1) is 0 Å². The minimum absolute atomic E-state index is 0.0284. The minimum Gasteiger partial charge on any atom is -0.459 e. The first-order valence-corrected chi connectivity index (χ1v) is 7.85. The first kappa shape index (κ1) is 15.3. The van der Waals surface area contributed by atoms with Crippen molar-refractivity contribution in [3.8, 4) is 0 Å². The number of nitrogens with zero attached hydrogens (tertiary/aromatic N) is 1. The lowest BCUT2D eigenvalue weighted by atomic mass is 9.99. The van der Waals surface area contributed by atoms with Crippen LogP contribution in [0.2, 0.25) is 0 Å². The van der Waals surface area contributed by atoms with Gasteiger partial charge >= 0.3 is 0 Å². The zero-order valence-corrected chi connectivity index (χ0v) is 13.3. The van der Waals surface area contributed by atoms with Crippen LogP contribution in [0.4, 0.5) is 11.4 Å². The highest BCUT2D eigenvalue weighted by Gasteiger charge is 2.24. The standard InChI is InChI=1S/C18H20N2O3/c1-12(2)18(22)20-9-3-5-13-11-14(7-8-15(13)20)19-17(21)16-6-4-10-23-16/h4,6-8,10-12H,3,5,9H2,1-2H3,(H,19,21). The number of hydrogen-bond acceptors (Lipinski definition) is 3. The molecule has 1 aromatic carbocycles. The van der Waals surface area contributed by atoms with E-state index in [1.165, 1.54) is 6.26 Å². The molecule has 2 heterocycles. The predicted molar refractivity (Wildman–Crippen MR) is 88.6 cm³/mol. The summed E-state index contributed by atoms with van der Waals surface area (Å²) in [6, 6.07) is 8.97. The average molecular weight is 312 g/mol. The third-order valence-electron chi connectivity index (χ3n) is 3.96. The maximum Gasteiger partial charge on any atom is 0.291 e. The third kappa shape index (κ3) is 3.13. The quantitative estimate of drug-likeness (QED) is 0.944. The van der Waals surface area contributed by atoms with Crippen LogP contribution in [0.15, 0.2) is 41.0 Å². The number of hydrogen-bond donors (Lipinski definition) is 1. The van der Waals surface area contributed by atoms with Gasteiger partial charge in [-0.3, -0.25) is 9.59 Å². The second-order valence-corrected chi connectivity index (χ2v) is 6.02. The SMILES string of the molecule is CC(C)C(=O)N1CCCc2cc(NC(=O)c3ccco3)ccc21. The van der Waals surface area contributed by atoms with Crippen LogP contribution < -0.4 is 10.2 Å². The van der Waals surface area contributed by atoms with E-state index in [4.69, 9.17) is 4.42 Å². The Bertz CT molecular complexity index is 720. The van der Waals surface area contributed by atoms with Crippen molar-refractivity contribution in [2.75, 3.05) is 16.8 Å². The number of carbonyl (C=O) groups is 2. The molecule has 23 heavy (non-hydrogen) atoms. The molecule has 0 unspecified atom stereocenters. The Morgan fingerprint density at radius 1 is 1.26 bits per heavy atom. The number of furan rings is 1. The normalized spacial score (nSPS) is 13.8. The molecule has 120 valence electrons. The molecule has 0 atom stereocenters. The number of carbonyl (C=O) groups excluding carboxylic acids is 2. The molecule has 0 saturated heterocycles. The fourth-order valence-corrected chi connectivity index (χ4v) is 2.82. The molecule has 1 aliphatic rings. The molecule has 0 bridgehead atoms. The van der Waals surface area contributed by atoms with Crippen LogP contribution >= 0.6 is 0 Å². The molecule has 1 aliphatic heterocycles. The fourth-order valence-electron chi connectivity index (χ4n) is 2.82. The first-order chi connectivity index (χ1) is 11.1. The van der Waals surface area contributed by atoms with E-state index in [0.29, 0.717) is 5.69 Å². The monoisotopic (exact) mass is 312 g/mol. The van der Waals surface area contributed by atoms with Crippen molar-refractivity contribution in [3.05, 3.63) is 47.9 Å². The number of rotatable bonds is 3. The molecule has 0 spiro atoms. The molecule has 0 radical (unpaired) electrons. The van der Waals surface area contributed by atoms with E-state index in [1.54, 1.807) is 12.1 Å². The number of anilines is 2. The molecule has 1 N–H and O–H groups in total. The van der Waals surface area contributed by atoms with Crippen LogP contribution in [0, 0.1) is 5.92 Å². The van der Waals surface area contributed by atoms with Gasteiger partial charge in [0.05, 0.1) is 6.26 Å². The molecular formula is C18H20N2O3. The summed E-state index contributed by atoms with van der Waals surface area (Å²) in [7, 11) is 0. The topological polar surface area (TPSA) is 62.6 Å². The van der Waals surface area contributed by atoms with Crippen molar-refractivity contribution in [2.24, 2.45) is 5.92 Å². The summed E-state index contributed by atoms with van der Waals surface area (Å²) < 4.78 is 5.09. The predicted octanol–water partition coefficient (Wildman–Crippen LogP) is 3.47. The summed E-state index contributed by atoms with van der Waals surface area (Å²) in [4.78, 5) is 26.2. The van der Waals surface area contributed by atoms with E-state index >= 15 is 0 Å². The highest BCUT2D eigenvalue weighted by Crippen LogP contribution is 2.30. The van der Waals surface area contributed by atoms with Gasteiger partial charge in [0.1, 0.15) is 0 Å². The van der Waals surface area contributed by atoms with E-state index in [2.05, 4.69) is 5.32 Å². The number of amides is 2. The van der Waals surface area contributed by atoms with Crippen molar-refractivity contribution in [3.63, 3.8) is 0 Å². The molecule has 3 rings (SSSR count). The number of nitrogens with one attached hydrogen (secondary N) is 1. The molecule has 0 saturated carbocycles. The van der Waals surface area contributed by atoms with Crippen molar-refractivity contribution in [2.45, 2.75) is 26.7 Å². The molecule has 0 fully saturated rings. The number of aryl methyl sites for hydroxylation is 1. The highest BCUT2D eigenvalue weighted by molar-refractivity contribution is 6.02. The van der Waals surface area contributed by atoms with Crippen LogP contribution in [0.5, 0.6) is 0 Å². The Morgan fingerprint density at radius 2 is 2.09 bits per heavy atom. The van der Waals surface area contributed by atoms with Crippen molar-refractivity contribution in [1.29, 1.82) is 0 Å². The van der Waals surface area contributed by atoms with Gasteiger partial charge in [0, 0.05) is 23.8 Å². The fraction of sp³-hybridized carbons (Fsp3) is 0.333. The minimum atomic E-state index is -0.277. The van der Waals surface area contributed by atoms with E-state index < -0.39 is 0 Å². The smallest absolute Gasteiger partial charge is 0.291 e. The summed E-state index contributed by atoms with van der Waals surface area (Å²) in [5.74, 6) is 0.109. The lowest BCUT2D eigenvalue weighted by Gasteiger charge is -2.31. The summed E-state index contributed by atoms with van der Waals surface area (Å²) in [5, 5.41) is 2.83. The Morgan fingerprint density at radius 3 is 2.78 bits per heavy atom. The lowest BCUT2D eigenvalue weighted by molar-refractivity contribution is -0.121. The second kappa shape index (κ2) is 6.28. The summed E-state index contributed by atoms with van der Waals surface area (Å²) >= 11 is 0. The zero-order chi connectivity index (χ0) is 16.4. The Balaban J connectivity index is 1.82. The largest absolute Gasteiger partial charge is 0.459 e. The van der Waals surface area contributed by atoms with Gasteiger partial charge in [-0.2, -0.15) is 0 Å². The van der Waals surface area contributed by atoms with Gasteiger partial charge in [-0.1, -0.05) is 13.8 Å². The third-order valence-corrected chi connectivity index (χ3v) is 3.96. The van der Waals surface area contributed by atoms with E-state index in [1.807, 2.05) is 36.9 Å². The Labute approximate surface area is 135 Å². The molecule has 5 heteroatoms. The van der Waals surface area contributed by atoms with E-state index in [9.17, 15) is 9.59 Å². The summed E-state index contributed by atoms with van der Waals surface area (Å²) in [6.07, 6.45) is 3.31. The maximum absolute atomic E-state index is 12.3. The van der Waals surface area contributed by atoms with Gasteiger partial charge in [0.15, 0.2) is 5.76 Å². The number of fused-ring (bicyclic) bond motifs is 1. The van der Waals surface area contributed by atoms with Gasteiger partial charge in [-0.05, 0) is 48.7 Å². The molecular weight excluding hydrogens is 292 g/mol. The first-order valence-electron chi connectivity index (χ1n) is 7.85. The van der Waals surface area contributed by atoms with Gasteiger partial charge in [-0.25, -0.2) is 0 Å². The van der Waals surface area contributed by atoms with Crippen LogP contribution in [0.25, 0.3) is 0 Å².